The fourth-order valence-electron chi connectivity index (χ4n) is 5.15. The van der Waals surface area contributed by atoms with Crippen LogP contribution in [0.3, 0.4) is 0 Å². The molecule has 0 unspecified atom stereocenters. The molecule has 0 bridgehead atoms. The van der Waals surface area contributed by atoms with Gasteiger partial charge >= 0.3 is 0 Å². The predicted octanol–water partition coefficient (Wildman–Crippen LogP) is 6.10. The Labute approximate surface area is 191 Å². The van der Waals surface area contributed by atoms with Crippen LogP contribution in [0.2, 0.25) is 18.1 Å². The van der Waals surface area contributed by atoms with Crippen molar-refractivity contribution < 1.29 is 18.7 Å². The lowest BCUT2D eigenvalue weighted by atomic mass is 9.91. The summed E-state index contributed by atoms with van der Waals surface area (Å²) in [6, 6.07) is 0. The molecule has 0 aromatic carbocycles. The number of fused-ring (bicyclic) bond motifs is 2. The van der Waals surface area contributed by atoms with Gasteiger partial charge in [-0.15, -0.1) is 0 Å². The highest BCUT2D eigenvalue weighted by atomic mass is 28.4. The number of ketones is 1. The number of carbonyl (C=O) groups excluding carboxylic acids is 1. The third-order valence-corrected chi connectivity index (χ3v) is 12.7. The van der Waals surface area contributed by atoms with Crippen molar-refractivity contribution in [1.29, 1.82) is 0 Å². The van der Waals surface area contributed by atoms with Gasteiger partial charge in [0.05, 0.1) is 18.1 Å². The molecule has 0 aromatic rings. The molecule has 1 aliphatic heterocycles. The first-order valence-electron chi connectivity index (χ1n) is 12.5. The van der Waals surface area contributed by atoms with Gasteiger partial charge in [-0.2, -0.15) is 0 Å². The van der Waals surface area contributed by atoms with Gasteiger partial charge < -0.3 is 13.9 Å². The van der Waals surface area contributed by atoms with Crippen LogP contribution in [-0.2, 0) is 18.7 Å². The first-order chi connectivity index (χ1) is 14.4. The minimum absolute atomic E-state index is 0.0753. The van der Waals surface area contributed by atoms with Gasteiger partial charge in [0, 0.05) is 18.8 Å². The summed E-state index contributed by atoms with van der Waals surface area (Å²) in [7, 11) is -1.92. The van der Waals surface area contributed by atoms with Crippen LogP contribution in [0.25, 0.3) is 0 Å². The highest BCUT2D eigenvalue weighted by molar-refractivity contribution is 6.74. The number of rotatable bonds is 6. The van der Waals surface area contributed by atoms with Gasteiger partial charge in [0.25, 0.3) is 0 Å². The fourth-order valence-corrected chi connectivity index (χ4v) is 6.39. The molecule has 0 radical (unpaired) electrons. The van der Waals surface area contributed by atoms with Crippen LogP contribution in [0.5, 0.6) is 0 Å². The van der Waals surface area contributed by atoms with Crippen molar-refractivity contribution in [2.75, 3.05) is 0 Å². The quantitative estimate of drug-likeness (QED) is 0.280. The van der Waals surface area contributed by atoms with E-state index in [1.54, 1.807) is 0 Å². The van der Waals surface area contributed by atoms with E-state index in [2.05, 4.69) is 66.5 Å². The molecule has 1 spiro atoms. The monoisotopic (exact) mass is 448 g/mol. The topological polar surface area (TPSA) is 44.8 Å². The Balaban J connectivity index is 1.75. The number of hydrogen-bond acceptors (Lipinski definition) is 4. The zero-order valence-electron chi connectivity index (χ0n) is 21.0. The maximum absolute atomic E-state index is 13.0. The molecule has 0 N–H and O–H groups in total. The number of ether oxygens (including phenoxy) is 2. The number of carbonyl (C=O) groups is 1. The first-order valence-corrected chi connectivity index (χ1v) is 15.4. The minimum Gasteiger partial charge on any atom is -0.403 e. The highest BCUT2D eigenvalue weighted by Crippen LogP contribution is 2.56. The summed E-state index contributed by atoms with van der Waals surface area (Å²) in [6.45, 7) is 17.7. The summed E-state index contributed by atoms with van der Waals surface area (Å²) < 4.78 is 19.3. The molecule has 5 heteroatoms. The van der Waals surface area contributed by atoms with E-state index in [1.807, 2.05) is 0 Å². The lowest BCUT2D eigenvalue weighted by Gasteiger charge is -2.38. The second-order valence-electron chi connectivity index (χ2n) is 11.6. The van der Waals surface area contributed by atoms with Crippen molar-refractivity contribution in [2.24, 2.45) is 17.8 Å². The molecule has 1 heterocycles. The van der Waals surface area contributed by atoms with E-state index in [9.17, 15) is 4.79 Å². The Morgan fingerprint density at radius 2 is 1.84 bits per heavy atom. The van der Waals surface area contributed by atoms with Gasteiger partial charge in [-0.3, -0.25) is 4.79 Å². The molecule has 0 amide bonds. The van der Waals surface area contributed by atoms with E-state index < -0.39 is 14.1 Å². The molecule has 6 atom stereocenters. The Hall–Kier alpha value is -0.673. The largest absolute Gasteiger partial charge is 0.403 e. The van der Waals surface area contributed by atoms with Gasteiger partial charge in [-0.25, -0.2) is 0 Å². The summed E-state index contributed by atoms with van der Waals surface area (Å²) in [5, 5.41) is 0.147. The molecule has 2 aliphatic carbocycles. The first kappa shape index (κ1) is 25.0. The predicted molar refractivity (Wildman–Crippen MR) is 127 cm³/mol. The SMILES string of the molecule is CCCCC[C@@H](C#C[C@H]1C(=O)C[C@H]2[C@@H]1CCC21O[C@H](C)[C@@H](C)O1)O[Si](C)(C)C(C)(C)C. The van der Waals surface area contributed by atoms with Gasteiger partial charge in [-0.05, 0) is 57.2 Å². The molecular weight excluding hydrogens is 404 g/mol. The van der Waals surface area contributed by atoms with Crippen LogP contribution in [0, 0.1) is 29.6 Å². The molecule has 1 saturated heterocycles. The second-order valence-corrected chi connectivity index (χ2v) is 16.3. The molecule has 176 valence electrons. The molecule has 3 aliphatic rings. The Morgan fingerprint density at radius 1 is 1.19 bits per heavy atom. The van der Waals surface area contributed by atoms with Crippen molar-refractivity contribution >= 4 is 14.1 Å². The highest BCUT2D eigenvalue weighted by Gasteiger charge is 2.61. The lowest BCUT2D eigenvalue weighted by Crippen LogP contribution is -2.43. The fraction of sp³-hybridized carbons (Fsp3) is 0.885. The smallest absolute Gasteiger partial charge is 0.193 e. The summed E-state index contributed by atoms with van der Waals surface area (Å²) in [5.41, 5.74) is 0. The van der Waals surface area contributed by atoms with Crippen molar-refractivity contribution in [3.05, 3.63) is 0 Å². The standard InChI is InChI=1S/C26H44O4Si/c1-9-10-11-12-20(30-31(7,8)25(4,5)6)13-14-22-21-15-16-26(23(21)17-24(22)27)28-18(2)19(3)29-26/h18-23H,9-12,15-17H2,1-8H3/t18-,19-,20+,21-,22-,23+/m1/s1. The molecule has 3 rings (SSSR count). The molecule has 0 aromatic heterocycles. The zero-order valence-corrected chi connectivity index (χ0v) is 22.0. The van der Waals surface area contributed by atoms with Crippen molar-refractivity contribution in [2.45, 2.75) is 129 Å². The van der Waals surface area contributed by atoms with Crippen LogP contribution in [0.1, 0.15) is 86.5 Å². The Bertz CT molecular complexity index is 703. The van der Waals surface area contributed by atoms with E-state index in [-0.39, 0.29) is 46.9 Å². The third kappa shape index (κ3) is 5.13. The lowest BCUT2D eigenvalue weighted by molar-refractivity contribution is -0.198. The molecule has 2 saturated carbocycles. The average molecular weight is 449 g/mol. The Kier molecular flexibility index (Phi) is 7.48. The summed E-state index contributed by atoms with van der Waals surface area (Å²) in [6.07, 6.45) is 6.91. The zero-order chi connectivity index (χ0) is 23.0. The van der Waals surface area contributed by atoms with Gasteiger partial charge in [-0.1, -0.05) is 52.4 Å². The van der Waals surface area contributed by atoms with Crippen LogP contribution < -0.4 is 0 Å². The summed E-state index contributed by atoms with van der Waals surface area (Å²) in [5.74, 6) is 6.77. The van der Waals surface area contributed by atoms with E-state index in [1.165, 1.54) is 12.8 Å². The maximum Gasteiger partial charge on any atom is 0.193 e. The second kappa shape index (κ2) is 9.29. The van der Waals surface area contributed by atoms with E-state index in [0.717, 1.165) is 25.7 Å². The van der Waals surface area contributed by atoms with Crippen molar-refractivity contribution in [3.8, 4) is 11.8 Å². The number of unbranched alkanes of at least 4 members (excludes halogenated alkanes) is 2. The Morgan fingerprint density at radius 3 is 2.42 bits per heavy atom. The molecule has 4 nitrogen and oxygen atoms in total. The number of Topliss-reactive ketones (excluding diaryl/α,β-unsaturated/α-hetero) is 1. The summed E-state index contributed by atoms with van der Waals surface area (Å²) >= 11 is 0. The van der Waals surface area contributed by atoms with Gasteiger partial charge in [0.1, 0.15) is 11.9 Å². The summed E-state index contributed by atoms with van der Waals surface area (Å²) in [4.78, 5) is 13.0. The van der Waals surface area contributed by atoms with Crippen LogP contribution in [0.4, 0.5) is 0 Å². The van der Waals surface area contributed by atoms with E-state index in [4.69, 9.17) is 13.9 Å². The van der Waals surface area contributed by atoms with Crippen molar-refractivity contribution in [3.63, 3.8) is 0 Å². The third-order valence-electron chi connectivity index (χ3n) is 8.25. The molecule has 31 heavy (non-hydrogen) atoms. The van der Waals surface area contributed by atoms with Crippen LogP contribution in [-0.4, -0.2) is 38.2 Å². The van der Waals surface area contributed by atoms with E-state index in [0.29, 0.717) is 6.42 Å². The maximum atomic E-state index is 13.0. The van der Waals surface area contributed by atoms with Crippen LogP contribution >= 0.6 is 0 Å². The van der Waals surface area contributed by atoms with Gasteiger partial charge in [0.15, 0.2) is 14.1 Å². The number of hydrogen-bond donors (Lipinski definition) is 0. The molecule has 3 fully saturated rings. The van der Waals surface area contributed by atoms with Crippen LogP contribution in [0.15, 0.2) is 0 Å². The minimum atomic E-state index is -1.92. The van der Waals surface area contributed by atoms with E-state index >= 15 is 0 Å². The molecular formula is C26H44O4Si. The van der Waals surface area contributed by atoms with Gasteiger partial charge in [0.2, 0.25) is 0 Å². The normalized spacial score (nSPS) is 33.4. The average Bonchev–Trinajstić information content (AvgIpc) is 3.25. The van der Waals surface area contributed by atoms with Crippen molar-refractivity contribution in [1.82, 2.24) is 0 Å².